The average Bonchev–Trinajstić information content (AvgIpc) is 2.03. The van der Waals surface area contributed by atoms with Crippen LogP contribution in [0.5, 0.6) is 0 Å². The van der Waals surface area contributed by atoms with Crippen molar-refractivity contribution in [1.82, 2.24) is 0 Å². The van der Waals surface area contributed by atoms with E-state index in [9.17, 15) is 0 Å². The van der Waals surface area contributed by atoms with Crippen LogP contribution in [0.25, 0.3) is 0 Å². The van der Waals surface area contributed by atoms with Crippen LogP contribution in [0.3, 0.4) is 0 Å². The molecule has 0 N–H and O–H groups in total. The quantitative estimate of drug-likeness (QED) is 0.575. The van der Waals surface area contributed by atoms with E-state index in [2.05, 4.69) is 33.8 Å². The summed E-state index contributed by atoms with van der Waals surface area (Å²) in [6, 6.07) is 0. The number of hydrogen-bond acceptors (Lipinski definition) is 1. The Bertz CT molecular complexity index is 136. The largest absolute Gasteiger partial charge is 0.377 e. The van der Waals surface area contributed by atoms with Crippen molar-refractivity contribution in [3.05, 3.63) is 11.6 Å². The minimum absolute atomic E-state index is 0.662. The Morgan fingerprint density at radius 3 is 2.33 bits per heavy atom. The highest BCUT2D eigenvalue weighted by Gasteiger charge is 2.06. The fourth-order valence-electron chi connectivity index (χ4n) is 0.682. The van der Waals surface area contributed by atoms with Gasteiger partial charge in [-0.3, -0.25) is 0 Å². The van der Waals surface area contributed by atoms with Gasteiger partial charge in [-0.2, -0.15) is 0 Å². The summed E-state index contributed by atoms with van der Waals surface area (Å²) in [5, 5.41) is 0. The Morgan fingerprint density at radius 2 is 1.92 bits per heavy atom. The summed E-state index contributed by atoms with van der Waals surface area (Å²) in [7, 11) is 0. The van der Waals surface area contributed by atoms with Gasteiger partial charge in [-0.1, -0.05) is 32.4 Å². The van der Waals surface area contributed by atoms with Gasteiger partial charge in [0.2, 0.25) is 0 Å². The second kappa shape index (κ2) is 6.24. The molecule has 1 heteroatoms. The first-order chi connectivity index (χ1) is 5.57. The summed E-state index contributed by atoms with van der Waals surface area (Å²) in [6.45, 7) is 12.5. The van der Waals surface area contributed by atoms with Crippen molar-refractivity contribution in [2.45, 2.75) is 34.6 Å². The predicted molar refractivity (Wildman–Crippen MR) is 54.3 cm³/mol. The highest BCUT2D eigenvalue weighted by atomic mass is 16.5. The van der Waals surface area contributed by atoms with E-state index in [0.29, 0.717) is 5.92 Å². The highest BCUT2D eigenvalue weighted by Crippen LogP contribution is 2.09. The third kappa shape index (κ3) is 5.36. The number of allylic oxidation sites excluding steroid dienone is 1. The van der Waals surface area contributed by atoms with Crippen molar-refractivity contribution in [3.8, 4) is 0 Å². The van der Waals surface area contributed by atoms with Crippen LogP contribution in [-0.2, 0) is 4.74 Å². The van der Waals surface area contributed by atoms with Gasteiger partial charge in [0.1, 0.15) is 0 Å². The monoisotopic (exact) mass is 170 g/mol. The Kier molecular flexibility index (Phi) is 6.09. The van der Waals surface area contributed by atoms with E-state index in [1.54, 1.807) is 0 Å². The summed E-state index contributed by atoms with van der Waals surface area (Å²) in [4.78, 5) is 0. The molecule has 0 saturated carbocycles. The van der Waals surface area contributed by atoms with Crippen LogP contribution in [0.15, 0.2) is 11.6 Å². The van der Waals surface area contributed by atoms with E-state index in [-0.39, 0.29) is 0 Å². The van der Waals surface area contributed by atoms with Crippen LogP contribution in [0.1, 0.15) is 34.6 Å². The van der Waals surface area contributed by atoms with Crippen LogP contribution in [0.2, 0.25) is 0 Å². The minimum atomic E-state index is 0.662. The van der Waals surface area contributed by atoms with Crippen molar-refractivity contribution in [3.63, 3.8) is 0 Å². The Balaban J connectivity index is 3.43. The van der Waals surface area contributed by atoms with Gasteiger partial charge in [-0.25, -0.2) is 0 Å². The molecule has 0 rings (SSSR count). The lowest BCUT2D eigenvalue weighted by Gasteiger charge is -2.15. The molecule has 0 aromatic rings. The van der Waals surface area contributed by atoms with Crippen LogP contribution < -0.4 is 0 Å². The van der Waals surface area contributed by atoms with E-state index >= 15 is 0 Å². The number of ether oxygens (including phenoxy) is 1. The zero-order chi connectivity index (χ0) is 9.56. The zero-order valence-electron chi connectivity index (χ0n) is 9.05. The molecular weight excluding hydrogens is 148 g/mol. The maximum Gasteiger partial charge on any atom is 0.0674 e. The molecule has 0 aliphatic rings. The fraction of sp³-hybridized carbons (Fsp3) is 0.818. The summed E-state index contributed by atoms with van der Waals surface area (Å²) in [5.74, 6) is 1.38. The van der Waals surface area contributed by atoms with Gasteiger partial charge in [0, 0.05) is 6.61 Å². The number of hydrogen-bond donors (Lipinski definition) is 0. The summed E-state index contributed by atoms with van der Waals surface area (Å²) < 4.78 is 5.54. The molecule has 0 aromatic heterocycles. The predicted octanol–water partition coefficient (Wildman–Crippen LogP) is 3.26. The average molecular weight is 170 g/mol. The Hall–Kier alpha value is -0.300. The Morgan fingerprint density at radius 1 is 1.33 bits per heavy atom. The van der Waals surface area contributed by atoms with Gasteiger partial charge in [0.05, 0.1) is 6.61 Å². The summed E-state index contributed by atoms with van der Waals surface area (Å²) >= 11 is 0. The molecule has 0 aliphatic heterocycles. The van der Waals surface area contributed by atoms with E-state index < -0.39 is 0 Å². The van der Waals surface area contributed by atoms with Gasteiger partial charge in [0.15, 0.2) is 0 Å². The first-order valence-electron chi connectivity index (χ1n) is 4.77. The van der Waals surface area contributed by atoms with Crippen LogP contribution in [0.4, 0.5) is 0 Å². The van der Waals surface area contributed by atoms with E-state index in [0.717, 1.165) is 19.1 Å². The minimum Gasteiger partial charge on any atom is -0.377 e. The van der Waals surface area contributed by atoms with Crippen molar-refractivity contribution in [2.75, 3.05) is 13.2 Å². The van der Waals surface area contributed by atoms with Gasteiger partial charge < -0.3 is 4.74 Å². The molecule has 0 heterocycles. The van der Waals surface area contributed by atoms with Crippen molar-refractivity contribution in [1.29, 1.82) is 0 Å². The van der Waals surface area contributed by atoms with E-state index in [1.807, 2.05) is 6.92 Å². The van der Waals surface area contributed by atoms with Gasteiger partial charge in [-0.15, -0.1) is 0 Å². The maximum atomic E-state index is 5.54. The van der Waals surface area contributed by atoms with Crippen molar-refractivity contribution in [2.24, 2.45) is 11.8 Å². The van der Waals surface area contributed by atoms with Crippen molar-refractivity contribution < 1.29 is 4.74 Å². The first kappa shape index (κ1) is 11.7. The molecular formula is C11H22O. The molecule has 1 atom stereocenters. The second-order valence-corrected chi connectivity index (χ2v) is 3.87. The first-order valence-corrected chi connectivity index (χ1v) is 4.77. The van der Waals surface area contributed by atoms with Gasteiger partial charge in [0.25, 0.3) is 0 Å². The molecule has 0 aromatic carbocycles. The molecule has 0 amide bonds. The molecule has 0 fully saturated rings. The SMILES string of the molecule is C/C=C(\C)COCC(C)C(C)C. The third-order valence-electron chi connectivity index (χ3n) is 2.34. The normalized spacial score (nSPS) is 15.3. The molecule has 0 bridgehead atoms. The second-order valence-electron chi connectivity index (χ2n) is 3.87. The molecule has 0 radical (unpaired) electrons. The van der Waals surface area contributed by atoms with E-state index in [4.69, 9.17) is 4.74 Å². The van der Waals surface area contributed by atoms with Crippen LogP contribution >= 0.6 is 0 Å². The lowest BCUT2D eigenvalue weighted by molar-refractivity contribution is 0.106. The smallest absolute Gasteiger partial charge is 0.0674 e. The topological polar surface area (TPSA) is 9.23 Å². The fourth-order valence-corrected chi connectivity index (χ4v) is 0.682. The molecule has 12 heavy (non-hydrogen) atoms. The Labute approximate surface area is 76.8 Å². The standard InChI is InChI=1S/C11H22O/c1-6-10(4)7-12-8-11(5)9(2)3/h6,9,11H,7-8H2,1-5H3/b10-6+. The molecule has 0 spiro atoms. The molecule has 72 valence electrons. The molecule has 0 saturated heterocycles. The molecule has 1 nitrogen and oxygen atoms in total. The lowest BCUT2D eigenvalue weighted by Crippen LogP contribution is -2.12. The van der Waals surface area contributed by atoms with E-state index in [1.165, 1.54) is 5.57 Å². The van der Waals surface area contributed by atoms with Gasteiger partial charge in [-0.05, 0) is 25.7 Å². The zero-order valence-corrected chi connectivity index (χ0v) is 9.05. The summed E-state index contributed by atoms with van der Waals surface area (Å²) in [6.07, 6.45) is 2.10. The number of rotatable bonds is 5. The van der Waals surface area contributed by atoms with Crippen molar-refractivity contribution >= 4 is 0 Å². The molecule has 0 aliphatic carbocycles. The highest BCUT2D eigenvalue weighted by molar-refractivity contribution is 4.95. The molecule has 1 unspecified atom stereocenters. The van der Waals surface area contributed by atoms with Crippen LogP contribution in [-0.4, -0.2) is 13.2 Å². The van der Waals surface area contributed by atoms with Crippen LogP contribution in [0, 0.1) is 11.8 Å². The lowest BCUT2D eigenvalue weighted by atomic mass is 9.99. The third-order valence-corrected chi connectivity index (χ3v) is 2.34. The summed E-state index contributed by atoms with van der Waals surface area (Å²) in [5.41, 5.74) is 1.31. The maximum absolute atomic E-state index is 5.54. The van der Waals surface area contributed by atoms with Gasteiger partial charge >= 0.3 is 0 Å².